The highest BCUT2D eigenvalue weighted by atomic mass is 32.2. The van der Waals surface area contributed by atoms with Crippen molar-refractivity contribution in [3.05, 3.63) is 91.0 Å². The Morgan fingerprint density at radius 2 is 1.21 bits per heavy atom. The number of fused-ring (bicyclic) bond motifs is 2. The third-order valence-corrected chi connectivity index (χ3v) is 7.64. The minimum Gasteiger partial charge on any atom is -0.398 e. The zero-order chi connectivity index (χ0) is 27.8. The molecule has 0 aromatic heterocycles. The number of benzene rings is 5. The van der Waals surface area contributed by atoms with Gasteiger partial charge in [0.25, 0.3) is 20.2 Å². The predicted molar refractivity (Wildman–Crippen MR) is 150 cm³/mol. The molecule has 0 amide bonds. The molecule has 0 aliphatic heterocycles. The predicted octanol–water partition coefficient (Wildman–Crippen LogP) is 5.92. The number of hydrogen-bond donors (Lipinski definition) is 5. The maximum absolute atomic E-state index is 11.6. The van der Waals surface area contributed by atoms with E-state index in [-0.39, 0.29) is 15.5 Å². The molecule has 6 N–H and O–H groups in total. The summed E-state index contributed by atoms with van der Waals surface area (Å²) in [5.74, 6) is 0. The normalized spacial score (nSPS) is 12.3. The number of nitrogens with one attached hydrogen (secondary N) is 2. The quantitative estimate of drug-likeness (QED) is 0.0693. The molecule has 0 saturated carbocycles. The Labute approximate surface area is 223 Å². The van der Waals surface area contributed by atoms with Crippen molar-refractivity contribution in [1.29, 1.82) is 0 Å². The van der Waals surface area contributed by atoms with E-state index in [2.05, 4.69) is 21.1 Å². The van der Waals surface area contributed by atoms with E-state index >= 15 is 0 Å². The largest absolute Gasteiger partial charge is 0.398 e. The van der Waals surface area contributed by atoms with E-state index in [1.54, 1.807) is 36.4 Å². The van der Waals surface area contributed by atoms with Crippen LogP contribution in [0.25, 0.3) is 21.5 Å². The smallest absolute Gasteiger partial charge is 0.294 e. The number of hydrazine groups is 1. The Morgan fingerprint density at radius 1 is 0.590 bits per heavy atom. The second kappa shape index (κ2) is 9.96. The zero-order valence-corrected chi connectivity index (χ0v) is 21.6. The van der Waals surface area contributed by atoms with Gasteiger partial charge in [0, 0.05) is 27.2 Å². The Bertz CT molecular complexity index is 1990. The highest BCUT2D eigenvalue weighted by Gasteiger charge is 2.14. The van der Waals surface area contributed by atoms with Gasteiger partial charge in [-0.2, -0.15) is 21.9 Å². The molecular weight excluding hydrogens is 542 g/mol. The minimum absolute atomic E-state index is 0.255. The second-order valence-electron chi connectivity index (χ2n) is 8.49. The average molecular weight is 564 g/mol. The molecule has 13 heteroatoms. The molecular formula is C26H21N5O6S2. The molecule has 0 radical (unpaired) electrons. The minimum atomic E-state index is -4.38. The maximum Gasteiger partial charge on any atom is 0.294 e. The van der Waals surface area contributed by atoms with Crippen molar-refractivity contribution in [1.82, 2.24) is 0 Å². The van der Waals surface area contributed by atoms with Crippen LogP contribution in [0.1, 0.15) is 0 Å². The lowest BCUT2D eigenvalue weighted by Gasteiger charge is -2.16. The van der Waals surface area contributed by atoms with Crippen molar-refractivity contribution in [3.63, 3.8) is 0 Å². The standard InChI is InChI=1S/C26H21N5O6S2/c27-23-10-11-24(21-9-8-18(15-22(21)23)39(35,36)37)30-31-26-13-12-25(19-6-1-2-7-20(19)26)29-28-16-4-3-5-17(14-16)38(32,33)34/h1-15,30-31H,27H2,(H,32,33,34)(H,35,36,37)/b29-28+. The van der Waals surface area contributed by atoms with Crippen LogP contribution in [0.3, 0.4) is 0 Å². The van der Waals surface area contributed by atoms with Gasteiger partial charge in [-0.3, -0.25) is 9.11 Å². The van der Waals surface area contributed by atoms with Crippen LogP contribution in [0.2, 0.25) is 0 Å². The molecule has 0 bridgehead atoms. The van der Waals surface area contributed by atoms with E-state index < -0.39 is 20.2 Å². The maximum atomic E-state index is 11.6. The molecule has 5 rings (SSSR count). The summed E-state index contributed by atoms with van der Waals surface area (Å²) in [7, 11) is -8.75. The number of anilines is 3. The van der Waals surface area contributed by atoms with Gasteiger partial charge in [-0.15, -0.1) is 5.11 Å². The van der Waals surface area contributed by atoms with Gasteiger partial charge < -0.3 is 16.6 Å². The van der Waals surface area contributed by atoms with Crippen LogP contribution < -0.4 is 16.6 Å². The number of azo groups is 1. The van der Waals surface area contributed by atoms with E-state index in [4.69, 9.17) is 5.73 Å². The molecule has 39 heavy (non-hydrogen) atoms. The Hall–Kier alpha value is -4.56. The van der Waals surface area contributed by atoms with Crippen LogP contribution in [-0.4, -0.2) is 25.9 Å². The lowest BCUT2D eigenvalue weighted by atomic mass is 10.1. The first-order chi connectivity index (χ1) is 18.5. The molecule has 0 unspecified atom stereocenters. The van der Waals surface area contributed by atoms with Crippen molar-refractivity contribution in [2.45, 2.75) is 9.79 Å². The second-order valence-corrected chi connectivity index (χ2v) is 11.3. The molecule has 0 aliphatic rings. The van der Waals surface area contributed by atoms with Gasteiger partial charge in [-0.1, -0.05) is 36.4 Å². The van der Waals surface area contributed by atoms with E-state index in [1.165, 1.54) is 30.3 Å². The fraction of sp³-hybridized carbons (Fsp3) is 0. The molecule has 11 nitrogen and oxygen atoms in total. The number of nitrogens with zero attached hydrogens (tertiary/aromatic N) is 2. The van der Waals surface area contributed by atoms with Crippen LogP contribution in [0, 0.1) is 0 Å². The van der Waals surface area contributed by atoms with Gasteiger partial charge in [0.2, 0.25) is 0 Å². The van der Waals surface area contributed by atoms with Crippen LogP contribution in [0.5, 0.6) is 0 Å². The van der Waals surface area contributed by atoms with Crippen LogP contribution in [-0.2, 0) is 20.2 Å². The van der Waals surface area contributed by atoms with Crippen molar-refractivity contribution in [2.75, 3.05) is 16.6 Å². The van der Waals surface area contributed by atoms with Crippen molar-refractivity contribution >= 4 is 70.2 Å². The molecule has 0 spiro atoms. The zero-order valence-electron chi connectivity index (χ0n) is 20.0. The Kier molecular flexibility index (Phi) is 6.66. The summed E-state index contributed by atoms with van der Waals surface area (Å²) in [5, 5.41) is 11.1. The van der Waals surface area contributed by atoms with Crippen LogP contribution >= 0.6 is 0 Å². The number of hydrogen-bond acceptors (Lipinski definition) is 9. The highest BCUT2D eigenvalue weighted by molar-refractivity contribution is 7.86. The topological polar surface area (TPSA) is 184 Å². The van der Waals surface area contributed by atoms with Gasteiger partial charge in [-0.05, 0) is 54.6 Å². The number of rotatable bonds is 7. The van der Waals surface area contributed by atoms with Crippen LogP contribution in [0.4, 0.5) is 28.4 Å². The van der Waals surface area contributed by atoms with E-state index in [0.717, 1.165) is 10.8 Å². The third kappa shape index (κ3) is 5.51. The molecule has 5 aromatic carbocycles. The lowest BCUT2D eigenvalue weighted by molar-refractivity contribution is 0.481. The Morgan fingerprint density at radius 3 is 1.90 bits per heavy atom. The average Bonchev–Trinajstić information content (AvgIpc) is 2.91. The molecule has 0 atom stereocenters. The van der Waals surface area contributed by atoms with E-state index in [9.17, 15) is 25.9 Å². The van der Waals surface area contributed by atoms with Crippen molar-refractivity contribution in [2.24, 2.45) is 10.2 Å². The molecule has 0 saturated heterocycles. The summed E-state index contributed by atoms with van der Waals surface area (Å²) in [6, 6.07) is 24.0. The first kappa shape index (κ1) is 26.1. The van der Waals surface area contributed by atoms with Crippen molar-refractivity contribution in [3.8, 4) is 0 Å². The van der Waals surface area contributed by atoms with Gasteiger partial charge >= 0.3 is 0 Å². The summed E-state index contributed by atoms with van der Waals surface area (Å²) in [4.78, 5) is -0.536. The summed E-state index contributed by atoms with van der Waals surface area (Å²) in [5.41, 5.74) is 14.8. The molecule has 5 aromatic rings. The lowest BCUT2D eigenvalue weighted by Crippen LogP contribution is -2.10. The number of nitrogen functional groups attached to an aromatic ring is 1. The van der Waals surface area contributed by atoms with Crippen LogP contribution in [0.15, 0.2) is 111 Å². The molecule has 198 valence electrons. The SMILES string of the molecule is Nc1ccc(NNc2ccc(/N=N/c3cccc(S(=O)(=O)O)c3)c3ccccc23)c2ccc(S(=O)(=O)O)cc12. The fourth-order valence-electron chi connectivity index (χ4n) is 4.05. The first-order valence-electron chi connectivity index (χ1n) is 11.3. The van der Waals surface area contributed by atoms with Gasteiger partial charge in [-0.25, -0.2) is 0 Å². The van der Waals surface area contributed by atoms with Gasteiger partial charge in [0.15, 0.2) is 0 Å². The summed E-state index contributed by atoms with van der Waals surface area (Å²) in [6.45, 7) is 0. The summed E-state index contributed by atoms with van der Waals surface area (Å²) in [6.07, 6.45) is 0. The van der Waals surface area contributed by atoms with Crippen molar-refractivity contribution < 1.29 is 25.9 Å². The number of nitrogens with two attached hydrogens (primary N) is 1. The molecule has 0 heterocycles. The third-order valence-electron chi connectivity index (χ3n) is 5.94. The van der Waals surface area contributed by atoms with Gasteiger partial charge in [0.05, 0.1) is 32.5 Å². The summed E-state index contributed by atoms with van der Waals surface area (Å²) >= 11 is 0. The molecule has 0 aliphatic carbocycles. The van der Waals surface area contributed by atoms with E-state index in [1.807, 2.05) is 24.3 Å². The molecule has 0 fully saturated rings. The highest BCUT2D eigenvalue weighted by Crippen LogP contribution is 2.34. The monoisotopic (exact) mass is 563 g/mol. The first-order valence-corrected chi connectivity index (χ1v) is 14.2. The van der Waals surface area contributed by atoms with E-state index in [0.29, 0.717) is 33.5 Å². The fourth-order valence-corrected chi connectivity index (χ4v) is 5.08. The van der Waals surface area contributed by atoms with Gasteiger partial charge in [0.1, 0.15) is 0 Å². The summed E-state index contributed by atoms with van der Waals surface area (Å²) < 4.78 is 64.6. The Balaban J connectivity index is 1.46.